The summed E-state index contributed by atoms with van der Waals surface area (Å²) < 4.78 is 2.12. The zero-order chi connectivity index (χ0) is 29.9. The van der Waals surface area contributed by atoms with Gasteiger partial charge in [-0.15, -0.1) is 11.3 Å². The first-order valence-electron chi connectivity index (χ1n) is 14.9. The Morgan fingerprint density at radius 3 is 2.77 bits per heavy atom. The maximum atomic E-state index is 12.9. The van der Waals surface area contributed by atoms with Crippen molar-refractivity contribution >= 4 is 34.0 Å². The number of imidazole rings is 1. The van der Waals surface area contributed by atoms with Crippen LogP contribution in [0.2, 0.25) is 0 Å². The van der Waals surface area contributed by atoms with Crippen molar-refractivity contribution in [3.63, 3.8) is 0 Å². The Morgan fingerprint density at radius 2 is 1.93 bits per heavy atom. The number of rotatable bonds is 10. The van der Waals surface area contributed by atoms with Crippen LogP contribution in [0.3, 0.4) is 0 Å². The molecule has 43 heavy (non-hydrogen) atoms. The van der Waals surface area contributed by atoms with E-state index in [2.05, 4.69) is 60.9 Å². The molecule has 2 saturated heterocycles. The number of hydrogen-bond acceptors (Lipinski definition) is 9. The summed E-state index contributed by atoms with van der Waals surface area (Å²) in [7, 11) is 0. The first-order chi connectivity index (χ1) is 20.9. The van der Waals surface area contributed by atoms with Crippen LogP contribution < -0.4 is 15.5 Å². The molecule has 2 fully saturated rings. The van der Waals surface area contributed by atoms with E-state index in [0.717, 1.165) is 72.1 Å². The third-order valence-electron chi connectivity index (χ3n) is 8.45. The zero-order valence-electron chi connectivity index (χ0n) is 24.4. The van der Waals surface area contributed by atoms with E-state index >= 15 is 0 Å². The molecule has 11 heteroatoms. The number of thiazole rings is 1. The SMILES string of the molecule is C=C(C(O)C(O)C(=O)NCc1nc(Cn2c(C)nc3ccccc32)cs1)N1CCCC1c1cccc(N2CCNCC2)c1. The first kappa shape index (κ1) is 29.3. The molecule has 4 heterocycles. The molecule has 6 rings (SSSR count). The van der Waals surface area contributed by atoms with Gasteiger partial charge in [-0.1, -0.05) is 30.8 Å². The van der Waals surface area contributed by atoms with Crippen molar-refractivity contribution in [2.24, 2.45) is 0 Å². The van der Waals surface area contributed by atoms with Gasteiger partial charge in [0.2, 0.25) is 0 Å². The van der Waals surface area contributed by atoms with Crippen molar-refractivity contribution in [3.8, 4) is 0 Å². The van der Waals surface area contributed by atoms with E-state index in [0.29, 0.717) is 18.8 Å². The van der Waals surface area contributed by atoms with Crippen molar-refractivity contribution in [2.45, 2.75) is 51.1 Å². The number of anilines is 1. The summed E-state index contributed by atoms with van der Waals surface area (Å²) in [5.41, 5.74) is 5.57. The number of likely N-dealkylation sites (tertiary alicyclic amines) is 1. The number of fused-ring (bicyclic) bond motifs is 1. The Morgan fingerprint density at radius 1 is 1.12 bits per heavy atom. The summed E-state index contributed by atoms with van der Waals surface area (Å²) in [5, 5.41) is 30.6. The van der Waals surface area contributed by atoms with Gasteiger partial charge in [-0.05, 0) is 49.6 Å². The predicted molar refractivity (Wildman–Crippen MR) is 169 cm³/mol. The van der Waals surface area contributed by atoms with Gasteiger partial charge in [-0.2, -0.15) is 0 Å². The standard InChI is InChI=1S/C32H39N7O3S/c1-21(38-14-6-11-27(38)23-7-5-8-25(17-23)37-15-12-33-13-16-37)30(40)31(41)32(42)34-18-29-36-24(20-43-29)19-39-22(2)35-26-9-3-4-10-28(26)39/h3-5,7-10,17,20,27,30-31,33,40-41H,1,6,11-16,18-19H2,2H3,(H,34,42). The minimum atomic E-state index is -1.64. The number of benzene rings is 2. The molecule has 3 unspecified atom stereocenters. The van der Waals surface area contributed by atoms with Crippen LogP contribution in [0.5, 0.6) is 0 Å². The number of nitrogens with one attached hydrogen (secondary N) is 2. The second kappa shape index (κ2) is 12.8. The number of piperazine rings is 1. The highest BCUT2D eigenvalue weighted by Gasteiger charge is 2.35. The second-order valence-corrected chi connectivity index (χ2v) is 12.2. The van der Waals surface area contributed by atoms with Gasteiger partial charge in [-0.3, -0.25) is 4.79 Å². The van der Waals surface area contributed by atoms with Gasteiger partial charge in [0.15, 0.2) is 6.10 Å². The molecule has 10 nitrogen and oxygen atoms in total. The summed E-state index contributed by atoms with van der Waals surface area (Å²) >= 11 is 1.44. The number of hydrogen-bond donors (Lipinski definition) is 4. The number of aromatic nitrogens is 3. The Bertz CT molecular complexity index is 1590. The maximum absolute atomic E-state index is 12.9. The highest BCUT2D eigenvalue weighted by molar-refractivity contribution is 7.09. The third kappa shape index (κ3) is 6.30. The van der Waals surface area contributed by atoms with E-state index in [9.17, 15) is 15.0 Å². The Balaban J connectivity index is 1.05. The fourth-order valence-electron chi connectivity index (χ4n) is 6.13. The number of aryl methyl sites for hydroxylation is 1. The molecule has 4 aromatic rings. The van der Waals surface area contributed by atoms with E-state index in [4.69, 9.17) is 0 Å². The molecule has 4 N–H and O–H groups in total. The minimum absolute atomic E-state index is 0.0327. The van der Waals surface area contributed by atoms with Crippen LogP contribution in [-0.4, -0.2) is 80.5 Å². The van der Waals surface area contributed by atoms with Crippen molar-refractivity contribution in [1.29, 1.82) is 0 Å². The topological polar surface area (TPSA) is 119 Å². The molecule has 2 aliphatic heterocycles. The van der Waals surface area contributed by atoms with Crippen LogP contribution in [-0.2, 0) is 17.9 Å². The Hall–Kier alpha value is -3.77. The van der Waals surface area contributed by atoms with E-state index in [1.807, 2.05) is 41.5 Å². The van der Waals surface area contributed by atoms with E-state index in [-0.39, 0.29) is 12.6 Å². The number of para-hydroxylation sites is 2. The van der Waals surface area contributed by atoms with Crippen LogP contribution in [0.15, 0.2) is 66.2 Å². The van der Waals surface area contributed by atoms with E-state index in [1.165, 1.54) is 17.0 Å². The fraction of sp³-hybridized carbons (Fsp3) is 0.406. The van der Waals surface area contributed by atoms with Crippen molar-refractivity contribution in [2.75, 3.05) is 37.6 Å². The molecule has 2 aromatic heterocycles. The molecular formula is C32H39N7O3S. The number of amides is 1. The lowest BCUT2D eigenvalue weighted by Gasteiger charge is -2.34. The van der Waals surface area contributed by atoms with Gasteiger partial charge >= 0.3 is 0 Å². The van der Waals surface area contributed by atoms with Crippen molar-refractivity contribution < 1.29 is 15.0 Å². The number of aliphatic hydroxyl groups is 2. The lowest BCUT2D eigenvalue weighted by molar-refractivity contribution is -0.134. The smallest absolute Gasteiger partial charge is 0.252 e. The van der Waals surface area contributed by atoms with Gasteiger partial charge in [0, 0.05) is 49.5 Å². The zero-order valence-corrected chi connectivity index (χ0v) is 25.3. The number of aliphatic hydroxyl groups excluding tert-OH is 2. The normalized spacial score (nSPS) is 18.6. The highest BCUT2D eigenvalue weighted by Crippen LogP contribution is 2.37. The molecule has 0 saturated carbocycles. The Kier molecular flexibility index (Phi) is 8.75. The summed E-state index contributed by atoms with van der Waals surface area (Å²) in [5.74, 6) is 0.257. The fourth-order valence-corrected chi connectivity index (χ4v) is 6.86. The molecule has 3 atom stereocenters. The molecule has 0 aliphatic carbocycles. The quantitative estimate of drug-likeness (QED) is 0.219. The number of carbonyl (C=O) groups excluding carboxylic acids is 1. The number of nitrogens with zero attached hydrogens (tertiary/aromatic N) is 5. The summed E-state index contributed by atoms with van der Waals surface area (Å²) in [6.07, 6.45) is -1.20. The van der Waals surface area contributed by atoms with Gasteiger partial charge in [0.05, 0.1) is 35.9 Å². The molecule has 1 amide bonds. The summed E-state index contributed by atoms with van der Waals surface area (Å²) in [6, 6.07) is 16.6. The highest BCUT2D eigenvalue weighted by atomic mass is 32.1. The molecule has 0 radical (unpaired) electrons. The molecule has 2 aliphatic rings. The van der Waals surface area contributed by atoms with Crippen molar-refractivity contribution in [1.82, 2.24) is 30.1 Å². The predicted octanol–water partition coefficient (Wildman–Crippen LogP) is 2.95. The lowest BCUT2D eigenvalue weighted by Crippen LogP contribution is -2.45. The maximum Gasteiger partial charge on any atom is 0.252 e. The van der Waals surface area contributed by atoms with Gasteiger partial charge < -0.3 is 35.2 Å². The third-order valence-corrected chi connectivity index (χ3v) is 9.34. The Labute approximate surface area is 255 Å². The van der Waals surface area contributed by atoms with Crippen molar-refractivity contribution in [3.05, 3.63) is 88.3 Å². The van der Waals surface area contributed by atoms with Gasteiger partial charge in [0.1, 0.15) is 16.9 Å². The van der Waals surface area contributed by atoms with E-state index < -0.39 is 18.1 Å². The average molecular weight is 602 g/mol. The molecule has 0 spiro atoms. The molecular weight excluding hydrogens is 562 g/mol. The monoisotopic (exact) mass is 601 g/mol. The van der Waals surface area contributed by atoms with E-state index in [1.54, 1.807) is 0 Å². The second-order valence-electron chi connectivity index (χ2n) is 11.2. The van der Waals surface area contributed by atoms with Crippen LogP contribution in [0, 0.1) is 6.92 Å². The van der Waals surface area contributed by atoms with Gasteiger partial charge in [0.25, 0.3) is 5.91 Å². The van der Waals surface area contributed by atoms with Crippen LogP contribution in [0.25, 0.3) is 11.0 Å². The lowest BCUT2D eigenvalue weighted by atomic mass is 10.0. The summed E-state index contributed by atoms with van der Waals surface area (Å²) in [6.45, 7) is 11.4. The molecule has 0 bridgehead atoms. The van der Waals surface area contributed by atoms with Crippen LogP contribution >= 0.6 is 11.3 Å². The van der Waals surface area contributed by atoms with Crippen LogP contribution in [0.4, 0.5) is 5.69 Å². The number of carbonyl (C=O) groups is 1. The largest absolute Gasteiger partial charge is 0.384 e. The molecule has 226 valence electrons. The first-order valence-corrected chi connectivity index (χ1v) is 15.8. The average Bonchev–Trinajstić information content (AvgIpc) is 3.79. The summed E-state index contributed by atoms with van der Waals surface area (Å²) in [4.78, 5) is 26.6. The minimum Gasteiger partial charge on any atom is -0.384 e. The molecule has 2 aromatic carbocycles. The van der Waals surface area contributed by atoms with Gasteiger partial charge in [-0.25, -0.2) is 9.97 Å². The van der Waals surface area contributed by atoms with Crippen LogP contribution in [0.1, 0.15) is 41.0 Å².